The molecule has 0 saturated carbocycles. The fourth-order valence-corrected chi connectivity index (χ4v) is 4.34. The molecule has 8 nitrogen and oxygen atoms in total. The molecule has 160 valence electrons. The molecule has 1 unspecified atom stereocenters. The summed E-state index contributed by atoms with van der Waals surface area (Å²) in [7, 11) is 0. The monoisotopic (exact) mass is 454 g/mol. The fourth-order valence-electron chi connectivity index (χ4n) is 4.13. The van der Waals surface area contributed by atoms with E-state index in [1.165, 1.54) is 33.7 Å². The van der Waals surface area contributed by atoms with Crippen LogP contribution >= 0.6 is 11.6 Å². The average Bonchev–Trinajstić information content (AvgIpc) is 3.34. The number of benzene rings is 2. The number of rotatable bonds is 2. The number of hydrogen-bond acceptors (Lipinski definition) is 5. The molecule has 5 aromatic rings. The number of para-hydroxylation sites is 1. The number of imidazole rings is 2. The summed E-state index contributed by atoms with van der Waals surface area (Å²) < 4.78 is 36.5. The third-order valence-corrected chi connectivity index (χ3v) is 5.82. The van der Waals surface area contributed by atoms with Crippen LogP contribution in [0.4, 0.5) is 8.78 Å². The van der Waals surface area contributed by atoms with Gasteiger partial charge in [-0.05, 0) is 18.2 Å². The summed E-state index contributed by atoms with van der Waals surface area (Å²) >= 11 is 6.38. The van der Waals surface area contributed by atoms with Gasteiger partial charge < -0.3 is 9.72 Å². The average molecular weight is 455 g/mol. The minimum Gasteiger partial charge on any atom is -0.490 e. The van der Waals surface area contributed by atoms with Gasteiger partial charge in [0.2, 0.25) is 5.95 Å². The SMILES string of the molecule is O=c1[nH]c2c(Cl)nc(-n3cnc4ccc(F)cc43)nc2n1C1CCOc2c(F)cccc21. The molecule has 0 bridgehead atoms. The molecule has 0 radical (unpaired) electrons. The quantitative estimate of drug-likeness (QED) is 0.410. The lowest BCUT2D eigenvalue weighted by molar-refractivity contribution is 0.244. The van der Waals surface area contributed by atoms with Crippen molar-refractivity contribution >= 4 is 33.8 Å². The largest absolute Gasteiger partial charge is 0.490 e. The zero-order chi connectivity index (χ0) is 22.0. The molecule has 4 heterocycles. The predicted octanol–water partition coefficient (Wildman–Crippen LogP) is 3.76. The first-order valence-corrected chi connectivity index (χ1v) is 10.1. The van der Waals surface area contributed by atoms with Crippen molar-refractivity contribution in [1.82, 2.24) is 29.1 Å². The van der Waals surface area contributed by atoms with E-state index in [0.29, 0.717) is 23.0 Å². The van der Waals surface area contributed by atoms with Gasteiger partial charge in [-0.3, -0.25) is 9.13 Å². The zero-order valence-electron chi connectivity index (χ0n) is 16.2. The second-order valence-corrected chi connectivity index (χ2v) is 7.73. The van der Waals surface area contributed by atoms with Crippen LogP contribution in [0.5, 0.6) is 5.75 Å². The Morgan fingerprint density at radius 3 is 2.94 bits per heavy atom. The number of nitrogens with zero attached hydrogens (tertiary/aromatic N) is 5. The van der Waals surface area contributed by atoms with E-state index >= 15 is 0 Å². The number of fused-ring (bicyclic) bond motifs is 3. The molecule has 11 heteroatoms. The predicted molar refractivity (Wildman–Crippen MR) is 112 cm³/mol. The Balaban J connectivity index is 1.60. The molecule has 1 aliphatic rings. The van der Waals surface area contributed by atoms with Crippen LogP contribution in [0.25, 0.3) is 28.1 Å². The number of aromatic amines is 1. The van der Waals surface area contributed by atoms with Gasteiger partial charge in [0.15, 0.2) is 22.4 Å². The van der Waals surface area contributed by atoms with E-state index in [4.69, 9.17) is 16.3 Å². The van der Waals surface area contributed by atoms with Gasteiger partial charge in [0, 0.05) is 18.1 Å². The Hall–Kier alpha value is -3.79. The number of H-pyrrole nitrogens is 1. The van der Waals surface area contributed by atoms with E-state index in [-0.39, 0.29) is 34.6 Å². The first-order valence-electron chi connectivity index (χ1n) is 9.73. The summed E-state index contributed by atoms with van der Waals surface area (Å²) in [6, 6.07) is 8.22. The summed E-state index contributed by atoms with van der Waals surface area (Å²) in [6.07, 6.45) is 1.88. The Labute approximate surface area is 183 Å². The number of ether oxygens (including phenoxy) is 1. The molecule has 3 aromatic heterocycles. The van der Waals surface area contributed by atoms with Crippen LogP contribution in [0.2, 0.25) is 5.15 Å². The van der Waals surface area contributed by atoms with Crippen molar-refractivity contribution in [2.45, 2.75) is 12.5 Å². The Morgan fingerprint density at radius 1 is 1.19 bits per heavy atom. The van der Waals surface area contributed by atoms with Gasteiger partial charge in [-0.25, -0.2) is 18.6 Å². The second kappa shape index (κ2) is 6.86. The lowest BCUT2D eigenvalue weighted by Gasteiger charge is -2.26. The van der Waals surface area contributed by atoms with Crippen molar-refractivity contribution in [2.24, 2.45) is 0 Å². The summed E-state index contributed by atoms with van der Waals surface area (Å²) in [6.45, 7) is 0.231. The number of hydrogen-bond donors (Lipinski definition) is 1. The van der Waals surface area contributed by atoms with Crippen molar-refractivity contribution in [3.05, 3.63) is 75.6 Å². The molecule has 2 aromatic carbocycles. The van der Waals surface area contributed by atoms with Gasteiger partial charge in [-0.15, -0.1) is 0 Å². The molecule has 1 N–H and O–H groups in total. The molecule has 1 atom stereocenters. The van der Waals surface area contributed by atoms with Gasteiger partial charge >= 0.3 is 5.69 Å². The highest BCUT2D eigenvalue weighted by Gasteiger charge is 2.29. The maximum Gasteiger partial charge on any atom is 0.328 e. The van der Waals surface area contributed by atoms with Gasteiger partial charge in [-0.2, -0.15) is 9.97 Å². The molecular weight excluding hydrogens is 442 g/mol. The Kier molecular flexibility index (Phi) is 4.06. The number of aromatic nitrogens is 6. The van der Waals surface area contributed by atoms with Gasteiger partial charge in [0.05, 0.1) is 23.7 Å². The zero-order valence-corrected chi connectivity index (χ0v) is 17.0. The molecule has 0 spiro atoms. The van der Waals surface area contributed by atoms with Crippen LogP contribution in [-0.2, 0) is 0 Å². The smallest absolute Gasteiger partial charge is 0.328 e. The summed E-state index contributed by atoms with van der Waals surface area (Å²) in [5, 5.41) is 0.0191. The first kappa shape index (κ1) is 18.9. The van der Waals surface area contributed by atoms with Crippen molar-refractivity contribution in [1.29, 1.82) is 0 Å². The van der Waals surface area contributed by atoms with E-state index in [0.717, 1.165) is 0 Å². The third kappa shape index (κ3) is 2.72. The molecule has 32 heavy (non-hydrogen) atoms. The highest BCUT2D eigenvalue weighted by atomic mass is 35.5. The van der Waals surface area contributed by atoms with Crippen LogP contribution in [0.15, 0.2) is 47.5 Å². The Morgan fingerprint density at radius 2 is 2.06 bits per heavy atom. The minimum absolute atomic E-state index is 0.0191. The van der Waals surface area contributed by atoms with Crippen LogP contribution < -0.4 is 10.4 Å². The highest BCUT2D eigenvalue weighted by molar-refractivity contribution is 6.33. The lowest BCUT2D eigenvalue weighted by Crippen LogP contribution is -2.28. The standard InChI is InChI=1S/C21H13ClF2N6O2/c22-18-16-19(28-20(27-18)29-9-25-13-5-4-10(23)8-15(13)29)30(21(31)26-16)14-6-7-32-17-11(14)2-1-3-12(17)24/h1-5,8-9,14H,6-7H2,(H,26,31). The lowest BCUT2D eigenvalue weighted by atomic mass is 10.00. The molecule has 1 aliphatic heterocycles. The van der Waals surface area contributed by atoms with E-state index in [9.17, 15) is 13.6 Å². The maximum absolute atomic E-state index is 14.3. The van der Waals surface area contributed by atoms with Gasteiger partial charge in [0.25, 0.3) is 0 Å². The molecule has 0 aliphatic carbocycles. The van der Waals surface area contributed by atoms with Gasteiger partial charge in [0.1, 0.15) is 17.7 Å². The number of nitrogens with one attached hydrogen (secondary N) is 1. The van der Waals surface area contributed by atoms with Crippen LogP contribution in [0.1, 0.15) is 18.0 Å². The van der Waals surface area contributed by atoms with E-state index in [1.54, 1.807) is 18.2 Å². The minimum atomic E-state index is -0.522. The molecule has 0 saturated heterocycles. The Bertz CT molecular complexity index is 1590. The molecule has 6 rings (SSSR count). The van der Waals surface area contributed by atoms with E-state index in [1.807, 2.05) is 0 Å². The van der Waals surface area contributed by atoms with Crippen molar-refractivity contribution in [2.75, 3.05) is 6.61 Å². The maximum atomic E-state index is 14.3. The van der Waals surface area contributed by atoms with Crippen molar-refractivity contribution in [3.8, 4) is 11.7 Å². The summed E-state index contributed by atoms with van der Waals surface area (Å²) in [4.78, 5) is 28.7. The topological polar surface area (TPSA) is 90.6 Å². The molecular formula is C21H13ClF2N6O2. The van der Waals surface area contributed by atoms with E-state index < -0.39 is 23.4 Å². The second-order valence-electron chi connectivity index (χ2n) is 7.37. The van der Waals surface area contributed by atoms with Crippen LogP contribution in [-0.4, -0.2) is 35.7 Å². The summed E-state index contributed by atoms with van der Waals surface area (Å²) in [5.74, 6) is -0.706. The normalized spacial score (nSPS) is 15.8. The van der Waals surface area contributed by atoms with Crippen LogP contribution in [0, 0.1) is 11.6 Å². The number of halogens is 3. The van der Waals surface area contributed by atoms with Crippen molar-refractivity contribution < 1.29 is 13.5 Å². The molecule has 0 fully saturated rings. The fraction of sp³-hybridized carbons (Fsp3) is 0.143. The molecule has 0 amide bonds. The van der Waals surface area contributed by atoms with Crippen molar-refractivity contribution in [3.63, 3.8) is 0 Å². The highest BCUT2D eigenvalue weighted by Crippen LogP contribution is 2.37. The van der Waals surface area contributed by atoms with E-state index in [2.05, 4.69) is 19.9 Å². The first-order chi connectivity index (χ1) is 15.5. The van der Waals surface area contributed by atoms with Crippen LogP contribution in [0.3, 0.4) is 0 Å². The summed E-state index contributed by atoms with van der Waals surface area (Å²) in [5.41, 5.74) is 1.56. The third-order valence-electron chi connectivity index (χ3n) is 5.54. The van der Waals surface area contributed by atoms with Gasteiger partial charge in [-0.1, -0.05) is 23.7 Å².